The van der Waals surface area contributed by atoms with Crippen molar-refractivity contribution in [1.29, 1.82) is 0 Å². The fourth-order valence-corrected chi connectivity index (χ4v) is 3.78. The molecule has 1 saturated heterocycles. The first-order valence-electron chi connectivity index (χ1n) is 6.60. The molecular weight excluding hydrogens is 284 g/mol. The maximum atomic E-state index is 11.8. The van der Waals surface area contributed by atoms with Crippen LogP contribution in [0.4, 0.5) is 4.79 Å². The van der Waals surface area contributed by atoms with Crippen LogP contribution in [0.5, 0.6) is 0 Å². The summed E-state index contributed by atoms with van der Waals surface area (Å²) in [7, 11) is -3.06. The average molecular weight is 306 g/mol. The Labute approximate surface area is 119 Å². The molecule has 0 bridgehead atoms. The van der Waals surface area contributed by atoms with E-state index in [1.165, 1.54) is 0 Å². The summed E-state index contributed by atoms with van der Waals surface area (Å²) in [4.78, 5) is 22.3. The van der Waals surface area contributed by atoms with Crippen LogP contribution in [0.2, 0.25) is 0 Å². The normalized spacial score (nSPS) is 22.0. The molecular formula is C12H22N2O5S. The minimum atomic E-state index is -3.06. The molecule has 0 radical (unpaired) electrons. The van der Waals surface area contributed by atoms with Crippen molar-refractivity contribution >= 4 is 21.8 Å². The second kappa shape index (κ2) is 6.43. The topological polar surface area (TPSA) is 113 Å². The molecule has 3 N–H and O–H groups in total. The van der Waals surface area contributed by atoms with Crippen LogP contribution in [0.15, 0.2) is 0 Å². The summed E-state index contributed by atoms with van der Waals surface area (Å²) in [5.41, 5.74) is -0.657. The first kappa shape index (κ1) is 16.7. The number of hydrogen-bond acceptors (Lipinski definition) is 4. The van der Waals surface area contributed by atoms with Gasteiger partial charge in [0.1, 0.15) is 0 Å². The van der Waals surface area contributed by atoms with Crippen LogP contribution in [-0.2, 0) is 14.6 Å². The molecule has 0 aliphatic carbocycles. The van der Waals surface area contributed by atoms with Crippen LogP contribution >= 0.6 is 0 Å². The van der Waals surface area contributed by atoms with E-state index < -0.39 is 27.4 Å². The standard InChI is InChI=1S/C12H22N2O5S/c1-12(2,6-5-10(15)16)14-11(17)13-9-4-3-7-20(18,19)8-9/h9H,3-8H2,1-2H3,(H,15,16)(H2,13,14,17). The van der Waals surface area contributed by atoms with E-state index in [-0.39, 0.29) is 24.0 Å². The Hall–Kier alpha value is -1.31. The monoisotopic (exact) mass is 306 g/mol. The largest absolute Gasteiger partial charge is 0.481 e. The molecule has 0 aromatic heterocycles. The van der Waals surface area contributed by atoms with Crippen molar-refractivity contribution in [3.05, 3.63) is 0 Å². The lowest BCUT2D eigenvalue weighted by atomic mass is 9.99. The Bertz CT molecular complexity index is 472. The molecule has 0 aromatic carbocycles. The Morgan fingerprint density at radius 3 is 2.55 bits per heavy atom. The number of aliphatic carboxylic acids is 1. The summed E-state index contributed by atoms with van der Waals surface area (Å²) in [5.74, 6) is -0.772. The fraction of sp³-hybridized carbons (Fsp3) is 0.833. The van der Waals surface area contributed by atoms with Gasteiger partial charge in [-0.25, -0.2) is 13.2 Å². The second-order valence-corrected chi connectivity index (χ2v) is 8.06. The number of urea groups is 1. The summed E-state index contributed by atoms with van der Waals surface area (Å²) in [6.45, 7) is 3.46. The van der Waals surface area contributed by atoms with E-state index in [9.17, 15) is 18.0 Å². The van der Waals surface area contributed by atoms with Crippen LogP contribution in [0.3, 0.4) is 0 Å². The molecule has 20 heavy (non-hydrogen) atoms. The van der Waals surface area contributed by atoms with Gasteiger partial charge in [0.05, 0.1) is 11.5 Å². The molecule has 2 amide bonds. The van der Waals surface area contributed by atoms with Gasteiger partial charge in [0.2, 0.25) is 0 Å². The summed E-state index contributed by atoms with van der Waals surface area (Å²) in [6, 6.07) is -0.827. The summed E-state index contributed by atoms with van der Waals surface area (Å²) < 4.78 is 22.9. The minimum Gasteiger partial charge on any atom is -0.481 e. The van der Waals surface area contributed by atoms with Crippen molar-refractivity contribution in [1.82, 2.24) is 10.6 Å². The van der Waals surface area contributed by atoms with Gasteiger partial charge in [-0.3, -0.25) is 4.79 Å². The highest BCUT2D eigenvalue weighted by molar-refractivity contribution is 7.91. The molecule has 1 heterocycles. The van der Waals surface area contributed by atoms with E-state index in [4.69, 9.17) is 5.11 Å². The number of amides is 2. The van der Waals surface area contributed by atoms with Crippen molar-refractivity contribution < 1.29 is 23.1 Å². The number of rotatable bonds is 5. The first-order valence-corrected chi connectivity index (χ1v) is 8.43. The number of carboxylic acid groups (broad SMARTS) is 1. The number of nitrogens with one attached hydrogen (secondary N) is 2. The number of carboxylic acids is 1. The molecule has 1 unspecified atom stereocenters. The smallest absolute Gasteiger partial charge is 0.315 e. The van der Waals surface area contributed by atoms with Crippen LogP contribution in [0, 0.1) is 0 Å². The van der Waals surface area contributed by atoms with Crippen LogP contribution in [0.25, 0.3) is 0 Å². The Morgan fingerprint density at radius 1 is 1.35 bits per heavy atom. The quantitative estimate of drug-likeness (QED) is 0.685. The lowest BCUT2D eigenvalue weighted by Crippen LogP contribution is -2.53. The predicted octanol–water partition coefficient (Wildman–Crippen LogP) is 0.506. The third kappa shape index (κ3) is 6.23. The van der Waals surface area contributed by atoms with E-state index in [1.54, 1.807) is 13.8 Å². The van der Waals surface area contributed by atoms with Gasteiger partial charge < -0.3 is 15.7 Å². The molecule has 0 saturated carbocycles. The zero-order chi connectivity index (χ0) is 15.4. The van der Waals surface area contributed by atoms with Crippen LogP contribution in [0.1, 0.15) is 39.5 Å². The lowest BCUT2D eigenvalue weighted by Gasteiger charge is -2.28. The average Bonchev–Trinajstić information content (AvgIpc) is 2.24. The highest BCUT2D eigenvalue weighted by atomic mass is 32.2. The first-order chi connectivity index (χ1) is 9.10. The second-order valence-electron chi connectivity index (χ2n) is 5.83. The maximum Gasteiger partial charge on any atom is 0.315 e. The number of sulfone groups is 1. The van der Waals surface area contributed by atoms with Gasteiger partial charge in [0.15, 0.2) is 9.84 Å². The van der Waals surface area contributed by atoms with Crippen molar-refractivity contribution in [2.45, 2.75) is 51.1 Å². The predicted molar refractivity (Wildman–Crippen MR) is 74.3 cm³/mol. The zero-order valence-corrected chi connectivity index (χ0v) is 12.6. The van der Waals surface area contributed by atoms with Gasteiger partial charge in [-0.2, -0.15) is 0 Å². The van der Waals surface area contributed by atoms with Crippen molar-refractivity contribution in [2.24, 2.45) is 0 Å². The van der Waals surface area contributed by atoms with E-state index in [0.29, 0.717) is 19.3 Å². The maximum absolute atomic E-state index is 11.8. The molecule has 1 aliphatic heterocycles. The van der Waals surface area contributed by atoms with E-state index in [1.807, 2.05) is 0 Å². The Kier molecular flexibility index (Phi) is 5.38. The van der Waals surface area contributed by atoms with Gasteiger partial charge in [-0.15, -0.1) is 0 Å². The van der Waals surface area contributed by atoms with Crippen molar-refractivity contribution in [3.8, 4) is 0 Å². The number of carbonyl (C=O) groups excluding carboxylic acids is 1. The van der Waals surface area contributed by atoms with E-state index in [2.05, 4.69) is 10.6 Å². The van der Waals surface area contributed by atoms with Gasteiger partial charge in [0, 0.05) is 18.0 Å². The third-order valence-electron chi connectivity index (χ3n) is 3.21. The minimum absolute atomic E-state index is 0.0318. The SMILES string of the molecule is CC(C)(CCC(=O)O)NC(=O)NC1CCCS(=O)(=O)C1. The van der Waals surface area contributed by atoms with Crippen LogP contribution in [-0.4, -0.2) is 48.6 Å². The van der Waals surface area contributed by atoms with Gasteiger partial charge in [-0.1, -0.05) is 0 Å². The molecule has 1 rings (SSSR count). The summed E-state index contributed by atoms with van der Waals surface area (Å²) >= 11 is 0. The van der Waals surface area contributed by atoms with Gasteiger partial charge >= 0.3 is 12.0 Å². The molecule has 1 fully saturated rings. The molecule has 7 nitrogen and oxygen atoms in total. The van der Waals surface area contributed by atoms with Gasteiger partial charge in [0.25, 0.3) is 0 Å². The number of hydrogen-bond donors (Lipinski definition) is 3. The molecule has 1 aliphatic rings. The zero-order valence-electron chi connectivity index (χ0n) is 11.8. The molecule has 8 heteroatoms. The van der Waals surface area contributed by atoms with Crippen molar-refractivity contribution in [3.63, 3.8) is 0 Å². The van der Waals surface area contributed by atoms with Crippen LogP contribution < -0.4 is 10.6 Å². The highest BCUT2D eigenvalue weighted by Crippen LogP contribution is 2.13. The highest BCUT2D eigenvalue weighted by Gasteiger charge is 2.27. The van der Waals surface area contributed by atoms with Gasteiger partial charge in [-0.05, 0) is 33.1 Å². The molecule has 1 atom stereocenters. The number of carbonyl (C=O) groups is 2. The van der Waals surface area contributed by atoms with E-state index in [0.717, 1.165) is 0 Å². The third-order valence-corrected chi connectivity index (χ3v) is 5.03. The lowest BCUT2D eigenvalue weighted by molar-refractivity contribution is -0.137. The summed E-state index contributed by atoms with van der Waals surface area (Å²) in [5, 5.41) is 14.0. The Balaban J connectivity index is 2.44. The molecule has 0 spiro atoms. The fourth-order valence-electron chi connectivity index (χ4n) is 2.15. The van der Waals surface area contributed by atoms with E-state index >= 15 is 0 Å². The van der Waals surface area contributed by atoms with Crippen molar-refractivity contribution in [2.75, 3.05) is 11.5 Å². The molecule has 0 aromatic rings. The summed E-state index contributed by atoms with van der Waals surface area (Å²) in [6.07, 6.45) is 1.46. The molecule has 116 valence electrons. The Morgan fingerprint density at radius 2 is 2.00 bits per heavy atom.